The molecule has 1 N–H and O–H groups in total. The summed E-state index contributed by atoms with van der Waals surface area (Å²) in [6, 6.07) is 14.7. The van der Waals surface area contributed by atoms with E-state index in [1.807, 2.05) is 24.3 Å². The molecule has 2 atom stereocenters. The van der Waals surface area contributed by atoms with E-state index >= 15 is 0 Å². The maximum atomic E-state index is 13.2. The lowest BCUT2D eigenvalue weighted by molar-refractivity contribution is 0.207. The summed E-state index contributed by atoms with van der Waals surface area (Å²) in [6.45, 7) is 2.06. The zero-order valence-corrected chi connectivity index (χ0v) is 16.9. The highest BCUT2D eigenvalue weighted by molar-refractivity contribution is 8.01. The van der Waals surface area contributed by atoms with Crippen molar-refractivity contribution in [3.05, 3.63) is 64.4 Å². The molecule has 1 aliphatic heterocycles. The quantitative estimate of drug-likeness (QED) is 0.656. The van der Waals surface area contributed by atoms with Crippen LogP contribution in [0, 0.1) is 0 Å². The van der Waals surface area contributed by atoms with Crippen LogP contribution in [0.25, 0.3) is 16.6 Å². The molecule has 6 nitrogen and oxygen atoms in total. The second kappa shape index (κ2) is 7.35. The van der Waals surface area contributed by atoms with Crippen LogP contribution in [0.5, 0.6) is 0 Å². The first-order valence-electron chi connectivity index (χ1n) is 9.04. The zero-order chi connectivity index (χ0) is 19.9. The molecule has 1 aliphatic rings. The third kappa shape index (κ3) is 3.59. The van der Waals surface area contributed by atoms with Crippen LogP contribution in [0.3, 0.4) is 0 Å². The summed E-state index contributed by atoms with van der Waals surface area (Å²) in [5.41, 5.74) is 2.15. The molecule has 0 amide bonds. The SMILES string of the molecule is CCc1ccc(-n2c(S[C@@H]3CS(=O)(=O)C[C@H]3O)nc3ccccc3c2=O)cc1. The predicted octanol–water partition coefficient (Wildman–Crippen LogP) is 2.20. The first-order valence-corrected chi connectivity index (χ1v) is 11.7. The number of rotatable bonds is 4. The van der Waals surface area contributed by atoms with E-state index in [-0.39, 0.29) is 17.1 Å². The third-order valence-corrected chi connectivity index (χ3v) is 8.07. The number of fused-ring (bicyclic) bond motifs is 1. The van der Waals surface area contributed by atoms with Gasteiger partial charge in [-0.3, -0.25) is 9.36 Å². The summed E-state index contributed by atoms with van der Waals surface area (Å²) < 4.78 is 25.3. The van der Waals surface area contributed by atoms with Crippen LogP contribution < -0.4 is 5.56 Å². The number of para-hydroxylation sites is 1. The molecular weight excluding hydrogens is 396 g/mol. The summed E-state index contributed by atoms with van der Waals surface area (Å²) in [7, 11) is -3.29. The smallest absolute Gasteiger partial charge is 0.266 e. The van der Waals surface area contributed by atoms with Gasteiger partial charge in [-0.2, -0.15) is 0 Å². The maximum Gasteiger partial charge on any atom is 0.266 e. The van der Waals surface area contributed by atoms with Crippen LogP contribution >= 0.6 is 11.8 Å². The van der Waals surface area contributed by atoms with Gasteiger partial charge in [0.05, 0.1) is 39.4 Å². The minimum atomic E-state index is -3.29. The number of aliphatic hydroxyl groups excluding tert-OH is 1. The average molecular weight is 417 g/mol. The summed E-state index contributed by atoms with van der Waals surface area (Å²) in [5.74, 6) is -0.385. The molecule has 0 saturated carbocycles. The van der Waals surface area contributed by atoms with Crippen LogP contribution in [-0.4, -0.2) is 45.9 Å². The monoisotopic (exact) mass is 416 g/mol. The Morgan fingerprint density at radius 3 is 2.50 bits per heavy atom. The van der Waals surface area contributed by atoms with Gasteiger partial charge in [0.2, 0.25) is 0 Å². The number of nitrogens with zero attached hydrogens (tertiary/aromatic N) is 2. The summed E-state index contributed by atoms with van der Waals surface area (Å²) in [6.07, 6.45) is -0.0897. The van der Waals surface area contributed by atoms with Crippen molar-refractivity contribution >= 4 is 32.5 Å². The van der Waals surface area contributed by atoms with Gasteiger partial charge in [0, 0.05) is 0 Å². The Hall–Kier alpha value is -2.16. The standard InChI is InChI=1S/C20H20N2O4S2/c1-2-13-7-9-14(10-8-13)22-19(24)15-5-3-4-6-16(15)21-20(22)27-18-12-28(25,26)11-17(18)23/h3-10,17-18,23H,2,11-12H2,1H3/t17-,18-/m1/s1. The maximum absolute atomic E-state index is 13.2. The van der Waals surface area contributed by atoms with Crippen LogP contribution in [0.2, 0.25) is 0 Å². The zero-order valence-electron chi connectivity index (χ0n) is 15.3. The fraction of sp³-hybridized carbons (Fsp3) is 0.300. The largest absolute Gasteiger partial charge is 0.391 e. The molecule has 2 aromatic carbocycles. The van der Waals surface area contributed by atoms with Gasteiger partial charge in [-0.1, -0.05) is 43.0 Å². The van der Waals surface area contributed by atoms with Crippen molar-refractivity contribution in [1.82, 2.24) is 9.55 Å². The molecule has 0 radical (unpaired) electrons. The molecule has 0 unspecified atom stereocenters. The Balaban J connectivity index is 1.87. The molecule has 0 bridgehead atoms. The van der Waals surface area contributed by atoms with E-state index in [1.54, 1.807) is 24.3 Å². The van der Waals surface area contributed by atoms with Crippen LogP contribution in [0.15, 0.2) is 58.5 Å². The number of aryl methyl sites for hydroxylation is 1. The normalized spacial score (nSPS) is 21.2. The molecule has 28 heavy (non-hydrogen) atoms. The van der Waals surface area contributed by atoms with Gasteiger partial charge in [0.1, 0.15) is 0 Å². The van der Waals surface area contributed by atoms with Crippen LogP contribution in [-0.2, 0) is 16.3 Å². The van der Waals surface area contributed by atoms with Gasteiger partial charge in [0.15, 0.2) is 15.0 Å². The summed E-state index contributed by atoms with van der Waals surface area (Å²) in [4.78, 5) is 17.8. The first-order chi connectivity index (χ1) is 13.4. The second-order valence-corrected chi connectivity index (χ2v) is 10.2. The summed E-state index contributed by atoms with van der Waals surface area (Å²) in [5, 5.41) is 10.5. The van der Waals surface area contributed by atoms with E-state index in [0.717, 1.165) is 23.7 Å². The Morgan fingerprint density at radius 2 is 1.86 bits per heavy atom. The van der Waals surface area contributed by atoms with Crippen molar-refractivity contribution < 1.29 is 13.5 Å². The Kier molecular flexibility index (Phi) is 5.03. The van der Waals surface area contributed by atoms with Gasteiger partial charge < -0.3 is 5.11 Å². The van der Waals surface area contributed by atoms with E-state index in [4.69, 9.17) is 0 Å². The molecular formula is C20H20N2O4S2. The molecule has 0 spiro atoms. The van der Waals surface area contributed by atoms with Gasteiger partial charge in [-0.25, -0.2) is 13.4 Å². The third-order valence-electron chi connectivity index (χ3n) is 4.88. The lowest BCUT2D eigenvalue weighted by Crippen LogP contribution is -2.25. The molecule has 1 aromatic heterocycles. The lowest BCUT2D eigenvalue weighted by atomic mass is 10.1. The van der Waals surface area contributed by atoms with Crippen molar-refractivity contribution in [2.75, 3.05) is 11.5 Å². The van der Waals surface area contributed by atoms with E-state index in [2.05, 4.69) is 11.9 Å². The molecule has 0 aliphatic carbocycles. The van der Waals surface area contributed by atoms with Gasteiger partial charge >= 0.3 is 0 Å². The molecule has 1 saturated heterocycles. The number of sulfone groups is 1. The Morgan fingerprint density at radius 1 is 1.14 bits per heavy atom. The minimum absolute atomic E-state index is 0.129. The number of hydrogen-bond acceptors (Lipinski definition) is 6. The molecule has 4 rings (SSSR count). The van der Waals surface area contributed by atoms with Crippen molar-refractivity contribution in [3.8, 4) is 5.69 Å². The van der Waals surface area contributed by atoms with Gasteiger partial charge in [-0.05, 0) is 36.2 Å². The van der Waals surface area contributed by atoms with E-state index in [9.17, 15) is 18.3 Å². The van der Waals surface area contributed by atoms with E-state index in [1.165, 1.54) is 4.57 Å². The number of aliphatic hydroxyl groups is 1. The number of hydrogen-bond donors (Lipinski definition) is 1. The lowest BCUT2D eigenvalue weighted by Gasteiger charge is -2.17. The molecule has 1 fully saturated rings. The highest BCUT2D eigenvalue weighted by Crippen LogP contribution is 2.31. The van der Waals surface area contributed by atoms with E-state index in [0.29, 0.717) is 21.7 Å². The molecule has 146 valence electrons. The molecule has 2 heterocycles. The number of benzene rings is 2. The summed E-state index contributed by atoms with van der Waals surface area (Å²) >= 11 is 1.14. The van der Waals surface area contributed by atoms with Crippen molar-refractivity contribution in [2.24, 2.45) is 0 Å². The minimum Gasteiger partial charge on any atom is -0.391 e. The van der Waals surface area contributed by atoms with E-state index < -0.39 is 21.2 Å². The van der Waals surface area contributed by atoms with Crippen molar-refractivity contribution in [2.45, 2.75) is 29.9 Å². The Bertz CT molecular complexity index is 1190. The molecule has 3 aromatic rings. The van der Waals surface area contributed by atoms with Crippen molar-refractivity contribution in [3.63, 3.8) is 0 Å². The fourth-order valence-electron chi connectivity index (χ4n) is 3.34. The van der Waals surface area contributed by atoms with Crippen molar-refractivity contribution in [1.29, 1.82) is 0 Å². The highest BCUT2D eigenvalue weighted by atomic mass is 32.2. The number of thioether (sulfide) groups is 1. The van der Waals surface area contributed by atoms with Crippen LogP contribution in [0.4, 0.5) is 0 Å². The van der Waals surface area contributed by atoms with Gasteiger partial charge in [-0.15, -0.1) is 0 Å². The topological polar surface area (TPSA) is 89.3 Å². The predicted molar refractivity (Wildman–Crippen MR) is 111 cm³/mol. The molecule has 8 heteroatoms. The average Bonchev–Trinajstić information content (AvgIpc) is 2.93. The Labute approximate surface area is 167 Å². The first kappa shape index (κ1) is 19.2. The van der Waals surface area contributed by atoms with Gasteiger partial charge in [0.25, 0.3) is 5.56 Å². The van der Waals surface area contributed by atoms with Crippen LogP contribution in [0.1, 0.15) is 12.5 Å². The highest BCUT2D eigenvalue weighted by Gasteiger charge is 2.38. The second-order valence-electron chi connectivity index (χ2n) is 6.87. The fourth-order valence-corrected chi connectivity index (χ4v) is 6.94. The number of aromatic nitrogens is 2.